The molecule has 2 nitrogen and oxygen atoms in total. The highest BCUT2D eigenvalue weighted by atomic mass is 16.3. The van der Waals surface area contributed by atoms with Crippen molar-refractivity contribution >= 4 is 66.8 Å². The predicted molar refractivity (Wildman–Crippen MR) is 189 cm³/mol. The molecule has 7 aromatic rings. The van der Waals surface area contributed by atoms with Gasteiger partial charge in [-0.15, -0.1) is 0 Å². The molecule has 0 amide bonds. The van der Waals surface area contributed by atoms with E-state index in [1.807, 2.05) is 0 Å². The Hall–Kier alpha value is -4.24. The lowest BCUT2D eigenvalue weighted by atomic mass is 9.30. The molecule has 0 bridgehead atoms. The monoisotopic (exact) mass is 571 g/mol. The molecular formula is C41H38BNO. The standard InChI is InChI=1S/C41H38BNO/c1-39(2,3)23-16-19-34-26(20-23)25-17-18-32-35(38(25)44-34)27-21-24(40(4,5)6)22-31-37(27)43(32)33-15-11-13-29-36(33)42(31)30-14-10-9-12-28(30)41(29,7)8/h9-22H,1-8H3. The predicted octanol–water partition coefficient (Wildman–Crippen LogP) is 8.75. The number of furan rings is 1. The molecule has 5 aromatic carbocycles. The molecule has 2 aliphatic rings. The lowest BCUT2D eigenvalue weighted by Crippen LogP contribution is -2.63. The third-order valence-electron chi connectivity index (χ3n) is 10.8. The van der Waals surface area contributed by atoms with E-state index in [0.29, 0.717) is 0 Å². The molecule has 0 unspecified atom stereocenters. The maximum atomic E-state index is 6.84. The second kappa shape index (κ2) is 8.07. The summed E-state index contributed by atoms with van der Waals surface area (Å²) in [5.74, 6) is 0. The molecular weight excluding hydrogens is 533 g/mol. The van der Waals surface area contributed by atoms with Crippen molar-refractivity contribution in [2.75, 3.05) is 0 Å². The van der Waals surface area contributed by atoms with E-state index in [0.717, 1.165) is 11.2 Å². The molecule has 9 rings (SSSR count). The molecule has 0 fully saturated rings. The Morgan fingerprint density at radius 3 is 2.16 bits per heavy atom. The summed E-state index contributed by atoms with van der Waals surface area (Å²) in [5.41, 5.74) is 15.6. The van der Waals surface area contributed by atoms with Crippen LogP contribution < -0.4 is 16.4 Å². The van der Waals surface area contributed by atoms with Crippen LogP contribution in [0.15, 0.2) is 89.3 Å². The second-order valence-electron chi connectivity index (χ2n) is 15.8. The molecule has 0 aliphatic carbocycles. The first kappa shape index (κ1) is 26.2. The van der Waals surface area contributed by atoms with Gasteiger partial charge in [0.05, 0.1) is 10.9 Å². The lowest BCUT2D eigenvalue weighted by molar-refractivity contribution is 0.590. The van der Waals surface area contributed by atoms with Crippen LogP contribution in [-0.2, 0) is 16.2 Å². The van der Waals surface area contributed by atoms with Gasteiger partial charge in [0.25, 0.3) is 0 Å². The minimum atomic E-state index is -0.0869. The molecule has 0 saturated heterocycles. The molecule has 0 saturated carbocycles. The van der Waals surface area contributed by atoms with Crippen LogP contribution >= 0.6 is 0 Å². The Bertz CT molecular complexity index is 2380. The number of aromatic nitrogens is 1. The fourth-order valence-corrected chi connectivity index (χ4v) is 8.40. The molecule has 0 radical (unpaired) electrons. The number of fused-ring (bicyclic) bond motifs is 11. The van der Waals surface area contributed by atoms with E-state index in [1.54, 1.807) is 0 Å². The molecule has 2 aromatic heterocycles. The molecule has 0 N–H and O–H groups in total. The topological polar surface area (TPSA) is 18.1 Å². The third-order valence-corrected chi connectivity index (χ3v) is 10.8. The van der Waals surface area contributed by atoms with Gasteiger partial charge in [-0.2, -0.15) is 0 Å². The first-order chi connectivity index (χ1) is 20.9. The first-order valence-electron chi connectivity index (χ1n) is 16.1. The van der Waals surface area contributed by atoms with E-state index >= 15 is 0 Å². The van der Waals surface area contributed by atoms with Crippen LogP contribution in [0.1, 0.15) is 77.6 Å². The summed E-state index contributed by atoms with van der Waals surface area (Å²) in [6, 6.07) is 32.5. The highest BCUT2D eigenvalue weighted by molar-refractivity contribution is 6.99. The van der Waals surface area contributed by atoms with Crippen molar-refractivity contribution in [3.05, 3.63) is 107 Å². The maximum Gasteiger partial charge on any atom is 0.247 e. The van der Waals surface area contributed by atoms with Crippen molar-refractivity contribution < 1.29 is 4.42 Å². The van der Waals surface area contributed by atoms with Gasteiger partial charge in [-0.1, -0.05) is 109 Å². The molecule has 0 atom stereocenters. The molecule has 4 heterocycles. The number of hydrogen-bond donors (Lipinski definition) is 0. The van der Waals surface area contributed by atoms with Crippen molar-refractivity contribution in [3.8, 4) is 5.69 Å². The van der Waals surface area contributed by atoms with Crippen LogP contribution in [0.25, 0.3) is 49.4 Å². The zero-order chi connectivity index (χ0) is 30.5. The van der Waals surface area contributed by atoms with Gasteiger partial charge >= 0.3 is 0 Å². The van der Waals surface area contributed by atoms with E-state index < -0.39 is 0 Å². The van der Waals surface area contributed by atoms with Crippen LogP contribution in [0.2, 0.25) is 0 Å². The van der Waals surface area contributed by atoms with Gasteiger partial charge in [0.2, 0.25) is 6.71 Å². The zero-order valence-electron chi connectivity index (χ0n) is 27.0. The van der Waals surface area contributed by atoms with Gasteiger partial charge in [-0.25, -0.2) is 0 Å². The summed E-state index contributed by atoms with van der Waals surface area (Å²) in [5, 5.41) is 4.91. The van der Waals surface area contributed by atoms with Gasteiger partial charge in [0.15, 0.2) is 0 Å². The van der Waals surface area contributed by atoms with Crippen LogP contribution in [0.3, 0.4) is 0 Å². The largest absolute Gasteiger partial charge is 0.455 e. The van der Waals surface area contributed by atoms with Crippen molar-refractivity contribution in [1.29, 1.82) is 0 Å². The van der Waals surface area contributed by atoms with Crippen LogP contribution in [0, 0.1) is 0 Å². The number of nitrogens with zero attached hydrogens (tertiary/aromatic N) is 1. The lowest BCUT2D eigenvalue weighted by Gasteiger charge is -2.42. The summed E-state index contributed by atoms with van der Waals surface area (Å²) in [6.45, 7) is 18.8. The number of benzene rings is 5. The molecule has 0 spiro atoms. The van der Waals surface area contributed by atoms with Gasteiger partial charge in [-0.3, -0.25) is 0 Å². The van der Waals surface area contributed by atoms with Crippen molar-refractivity contribution in [3.63, 3.8) is 0 Å². The van der Waals surface area contributed by atoms with E-state index in [2.05, 4.69) is 145 Å². The van der Waals surface area contributed by atoms with Crippen molar-refractivity contribution in [2.24, 2.45) is 0 Å². The Morgan fingerprint density at radius 1 is 0.659 bits per heavy atom. The summed E-state index contributed by atoms with van der Waals surface area (Å²) < 4.78 is 9.39. The molecule has 44 heavy (non-hydrogen) atoms. The number of hydrogen-bond acceptors (Lipinski definition) is 1. The van der Waals surface area contributed by atoms with Crippen molar-refractivity contribution in [1.82, 2.24) is 4.57 Å². The quantitative estimate of drug-likeness (QED) is 0.167. The maximum absolute atomic E-state index is 6.84. The summed E-state index contributed by atoms with van der Waals surface area (Å²) >= 11 is 0. The smallest absolute Gasteiger partial charge is 0.247 e. The van der Waals surface area contributed by atoms with Crippen LogP contribution in [-0.4, -0.2) is 11.3 Å². The summed E-state index contributed by atoms with van der Waals surface area (Å²) in [4.78, 5) is 0. The Labute approximate surface area is 259 Å². The average molecular weight is 572 g/mol. The van der Waals surface area contributed by atoms with Gasteiger partial charge < -0.3 is 8.98 Å². The van der Waals surface area contributed by atoms with E-state index in [9.17, 15) is 0 Å². The van der Waals surface area contributed by atoms with Crippen molar-refractivity contribution in [2.45, 2.75) is 71.6 Å². The van der Waals surface area contributed by atoms with E-state index in [-0.39, 0.29) is 23.0 Å². The van der Waals surface area contributed by atoms with Gasteiger partial charge in [0, 0.05) is 32.8 Å². The molecule has 2 aliphatic heterocycles. The highest BCUT2D eigenvalue weighted by Crippen LogP contribution is 2.44. The van der Waals surface area contributed by atoms with Gasteiger partial charge in [-0.05, 0) is 80.4 Å². The molecule has 3 heteroatoms. The third kappa shape index (κ3) is 3.18. The first-order valence-corrected chi connectivity index (χ1v) is 16.1. The SMILES string of the molecule is CC(C)(C)c1ccc2oc3c(ccc4c3c3cc(C(C)(C)C)cc5c3n4-c3cccc4c3B5c3ccccc3C4(C)C)c2c1. The Balaban J connectivity index is 1.50. The minimum Gasteiger partial charge on any atom is -0.455 e. The summed E-state index contributed by atoms with van der Waals surface area (Å²) in [6.07, 6.45) is 0. The Kier molecular flexibility index (Phi) is 4.80. The average Bonchev–Trinajstić information content (AvgIpc) is 3.52. The normalized spacial score (nSPS) is 15.4. The van der Waals surface area contributed by atoms with Crippen LogP contribution in [0.5, 0.6) is 0 Å². The van der Waals surface area contributed by atoms with E-state index in [1.165, 1.54) is 76.9 Å². The minimum absolute atomic E-state index is 0.00422. The number of rotatable bonds is 0. The highest BCUT2D eigenvalue weighted by Gasteiger charge is 2.45. The fraction of sp³-hybridized carbons (Fsp3) is 0.268. The molecule has 216 valence electrons. The summed E-state index contributed by atoms with van der Waals surface area (Å²) in [7, 11) is 0. The van der Waals surface area contributed by atoms with Crippen LogP contribution in [0.4, 0.5) is 0 Å². The zero-order valence-corrected chi connectivity index (χ0v) is 27.0. The second-order valence-corrected chi connectivity index (χ2v) is 15.8. The van der Waals surface area contributed by atoms with E-state index in [4.69, 9.17) is 4.42 Å². The van der Waals surface area contributed by atoms with Gasteiger partial charge in [0.1, 0.15) is 11.2 Å². The Morgan fingerprint density at radius 2 is 1.39 bits per heavy atom. The fourth-order valence-electron chi connectivity index (χ4n) is 8.40.